The highest BCUT2D eigenvalue weighted by molar-refractivity contribution is 5.92. The van der Waals surface area contributed by atoms with Gasteiger partial charge in [0.15, 0.2) is 0 Å². The average Bonchev–Trinajstić information content (AvgIpc) is 2.52. The molecule has 0 N–H and O–H groups in total. The Balaban J connectivity index is 2.03. The molecule has 108 valence electrons. The van der Waals surface area contributed by atoms with Crippen LogP contribution in [0.4, 0.5) is 0 Å². The van der Waals surface area contributed by atoms with Gasteiger partial charge in [-0.15, -0.1) is 0 Å². The fraction of sp³-hybridized carbons (Fsp3) is 0.167. The molecule has 0 saturated heterocycles. The molecular weight excluding hydrogens is 264 g/mol. The molecular formula is C18H18O3. The summed E-state index contributed by atoms with van der Waals surface area (Å²) >= 11 is 0. The molecule has 0 unspecified atom stereocenters. The van der Waals surface area contributed by atoms with Crippen molar-refractivity contribution >= 4 is 5.97 Å². The topological polar surface area (TPSA) is 35.5 Å². The van der Waals surface area contributed by atoms with Crippen molar-refractivity contribution in [2.45, 2.75) is 13.5 Å². The maximum Gasteiger partial charge on any atom is 0.342 e. The molecule has 0 spiro atoms. The molecule has 21 heavy (non-hydrogen) atoms. The van der Waals surface area contributed by atoms with E-state index in [1.54, 1.807) is 18.2 Å². The third kappa shape index (κ3) is 4.49. The second-order valence-electron chi connectivity index (χ2n) is 4.80. The minimum atomic E-state index is -0.392. The van der Waals surface area contributed by atoms with Crippen molar-refractivity contribution in [3.05, 3.63) is 77.9 Å². The van der Waals surface area contributed by atoms with E-state index < -0.39 is 5.97 Å². The van der Waals surface area contributed by atoms with Crippen molar-refractivity contribution in [1.29, 1.82) is 0 Å². The Morgan fingerprint density at radius 3 is 2.43 bits per heavy atom. The van der Waals surface area contributed by atoms with Crippen LogP contribution in [0.15, 0.2) is 66.7 Å². The highest BCUT2D eigenvalue weighted by Gasteiger charge is 2.13. The number of carbonyl (C=O) groups excluding carboxylic acids is 1. The molecule has 0 aliphatic heterocycles. The molecule has 0 amide bonds. The Morgan fingerprint density at radius 1 is 1.05 bits per heavy atom. The van der Waals surface area contributed by atoms with Crippen LogP contribution in [0, 0.1) is 0 Å². The number of esters is 1. The largest absolute Gasteiger partial charge is 0.488 e. The van der Waals surface area contributed by atoms with E-state index in [1.807, 2.05) is 43.3 Å². The zero-order valence-corrected chi connectivity index (χ0v) is 12.0. The Bertz CT molecular complexity index is 617. The number of carbonyl (C=O) groups is 1. The minimum absolute atomic E-state index is 0.245. The van der Waals surface area contributed by atoms with Gasteiger partial charge < -0.3 is 9.47 Å². The molecule has 0 heterocycles. The summed E-state index contributed by atoms with van der Waals surface area (Å²) in [7, 11) is 0. The monoisotopic (exact) mass is 282 g/mol. The van der Waals surface area contributed by atoms with Gasteiger partial charge in [-0.3, -0.25) is 0 Å². The molecule has 0 aliphatic carbocycles. The van der Waals surface area contributed by atoms with Gasteiger partial charge in [0.25, 0.3) is 0 Å². The van der Waals surface area contributed by atoms with Crippen LogP contribution in [0.25, 0.3) is 0 Å². The molecule has 0 atom stereocenters. The van der Waals surface area contributed by atoms with Gasteiger partial charge in [0.1, 0.15) is 24.5 Å². The second-order valence-corrected chi connectivity index (χ2v) is 4.80. The zero-order chi connectivity index (χ0) is 15.1. The van der Waals surface area contributed by atoms with E-state index in [0.29, 0.717) is 17.9 Å². The molecule has 0 saturated carbocycles. The van der Waals surface area contributed by atoms with Gasteiger partial charge in [0.05, 0.1) is 0 Å². The highest BCUT2D eigenvalue weighted by Crippen LogP contribution is 2.20. The van der Waals surface area contributed by atoms with Crippen LogP contribution < -0.4 is 4.74 Å². The molecule has 0 fully saturated rings. The van der Waals surface area contributed by atoms with Crippen LogP contribution in [0.2, 0.25) is 0 Å². The van der Waals surface area contributed by atoms with Crippen molar-refractivity contribution in [1.82, 2.24) is 0 Å². The summed E-state index contributed by atoms with van der Waals surface area (Å²) in [4.78, 5) is 12.2. The molecule has 2 aromatic carbocycles. The lowest BCUT2D eigenvalue weighted by Gasteiger charge is -2.11. The Hall–Kier alpha value is -2.55. The standard InChI is InChI=1S/C18H18O3/c1-14(2)12-20-17-11-7-6-10-16(17)18(19)21-13-15-8-4-3-5-9-15/h3-11H,1,12-13H2,2H3. The average molecular weight is 282 g/mol. The molecule has 3 nitrogen and oxygen atoms in total. The van der Waals surface area contributed by atoms with Gasteiger partial charge >= 0.3 is 5.97 Å². The van der Waals surface area contributed by atoms with E-state index in [4.69, 9.17) is 9.47 Å². The SMILES string of the molecule is C=C(C)COc1ccccc1C(=O)OCc1ccccc1. The van der Waals surface area contributed by atoms with E-state index >= 15 is 0 Å². The Kier molecular flexibility index (Phi) is 5.16. The number of hydrogen-bond acceptors (Lipinski definition) is 3. The van der Waals surface area contributed by atoms with Gasteiger partial charge in [-0.1, -0.05) is 49.0 Å². The number of ether oxygens (including phenoxy) is 2. The van der Waals surface area contributed by atoms with Crippen molar-refractivity contribution in [3.63, 3.8) is 0 Å². The number of benzene rings is 2. The van der Waals surface area contributed by atoms with E-state index in [2.05, 4.69) is 6.58 Å². The van der Waals surface area contributed by atoms with Gasteiger partial charge in [-0.25, -0.2) is 4.79 Å². The molecule has 0 aliphatic rings. The smallest absolute Gasteiger partial charge is 0.342 e. The van der Waals surface area contributed by atoms with E-state index in [1.165, 1.54) is 0 Å². The normalized spacial score (nSPS) is 9.95. The van der Waals surface area contributed by atoms with Crippen molar-refractivity contribution in [2.24, 2.45) is 0 Å². The first-order chi connectivity index (χ1) is 10.2. The molecule has 2 rings (SSSR count). The number of hydrogen-bond donors (Lipinski definition) is 0. The van der Waals surface area contributed by atoms with Gasteiger partial charge in [-0.05, 0) is 30.2 Å². The summed E-state index contributed by atoms with van der Waals surface area (Å²) in [6.45, 7) is 6.27. The van der Waals surface area contributed by atoms with Gasteiger partial charge in [-0.2, -0.15) is 0 Å². The number of para-hydroxylation sites is 1. The summed E-state index contributed by atoms with van der Waals surface area (Å²) < 4.78 is 10.9. The minimum Gasteiger partial charge on any atom is -0.488 e. The predicted octanol–water partition coefficient (Wildman–Crippen LogP) is 4.00. The maximum atomic E-state index is 12.2. The van der Waals surface area contributed by atoms with E-state index in [0.717, 1.165) is 11.1 Å². The van der Waals surface area contributed by atoms with Crippen LogP contribution in [0.3, 0.4) is 0 Å². The first kappa shape index (κ1) is 14.9. The third-order valence-electron chi connectivity index (χ3n) is 2.79. The fourth-order valence-electron chi connectivity index (χ4n) is 1.76. The highest BCUT2D eigenvalue weighted by atomic mass is 16.5. The summed E-state index contributed by atoms with van der Waals surface area (Å²) in [5.41, 5.74) is 2.27. The number of rotatable bonds is 6. The van der Waals surface area contributed by atoms with Crippen LogP contribution in [-0.2, 0) is 11.3 Å². The van der Waals surface area contributed by atoms with Crippen molar-refractivity contribution in [3.8, 4) is 5.75 Å². The maximum absolute atomic E-state index is 12.2. The fourth-order valence-corrected chi connectivity index (χ4v) is 1.76. The first-order valence-corrected chi connectivity index (χ1v) is 6.74. The van der Waals surface area contributed by atoms with Crippen molar-refractivity contribution < 1.29 is 14.3 Å². The molecule has 3 heteroatoms. The Morgan fingerprint density at radius 2 is 1.71 bits per heavy atom. The van der Waals surface area contributed by atoms with Gasteiger partial charge in [0, 0.05) is 0 Å². The molecule has 0 radical (unpaired) electrons. The second kappa shape index (κ2) is 7.29. The molecule has 2 aromatic rings. The van der Waals surface area contributed by atoms with Crippen LogP contribution in [-0.4, -0.2) is 12.6 Å². The molecule has 0 aromatic heterocycles. The lowest BCUT2D eigenvalue weighted by molar-refractivity contribution is 0.0468. The Labute approximate surface area is 124 Å². The lowest BCUT2D eigenvalue weighted by atomic mass is 10.2. The first-order valence-electron chi connectivity index (χ1n) is 6.74. The summed E-state index contributed by atoms with van der Waals surface area (Å²) in [6.07, 6.45) is 0. The van der Waals surface area contributed by atoms with Crippen LogP contribution in [0.5, 0.6) is 5.75 Å². The summed E-state index contributed by atoms with van der Waals surface area (Å²) in [5, 5.41) is 0. The quantitative estimate of drug-likeness (QED) is 0.593. The lowest BCUT2D eigenvalue weighted by Crippen LogP contribution is -2.09. The molecule has 0 bridgehead atoms. The van der Waals surface area contributed by atoms with Crippen molar-refractivity contribution in [2.75, 3.05) is 6.61 Å². The van der Waals surface area contributed by atoms with E-state index in [9.17, 15) is 4.79 Å². The summed E-state index contributed by atoms with van der Waals surface area (Å²) in [6, 6.07) is 16.6. The predicted molar refractivity (Wildman–Crippen MR) is 82.3 cm³/mol. The van der Waals surface area contributed by atoms with Crippen LogP contribution in [0.1, 0.15) is 22.8 Å². The van der Waals surface area contributed by atoms with E-state index in [-0.39, 0.29) is 6.61 Å². The third-order valence-corrected chi connectivity index (χ3v) is 2.79. The summed E-state index contributed by atoms with van der Waals surface area (Å²) in [5.74, 6) is 0.120. The zero-order valence-electron chi connectivity index (χ0n) is 12.0. The van der Waals surface area contributed by atoms with Gasteiger partial charge in [0.2, 0.25) is 0 Å². The van der Waals surface area contributed by atoms with Crippen LogP contribution >= 0.6 is 0 Å².